The van der Waals surface area contributed by atoms with Crippen LogP contribution in [0.15, 0.2) is 24.3 Å². The van der Waals surface area contributed by atoms with Gasteiger partial charge in [-0.1, -0.05) is 389 Å². The van der Waals surface area contributed by atoms with Crippen molar-refractivity contribution in [2.75, 3.05) is 0 Å². The smallest absolute Gasteiger partial charge is 0.303 e. The largest absolute Gasteiger partial charge is 0.481 e. The van der Waals surface area contributed by atoms with Crippen molar-refractivity contribution in [2.45, 2.75) is 442 Å². The maximum Gasteiger partial charge on any atom is 0.303 e. The van der Waals surface area contributed by atoms with Crippen LogP contribution in [0.4, 0.5) is 0 Å². The van der Waals surface area contributed by atoms with Crippen LogP contribution in [-0.2, 0) is 9.59 Å². The summed E-state index contributed by atoms with van der Waals surface area (Å²) in [6.45, 7) is 13.7. The molecule has 0 aliphatic rings. The molecule has 0 unspecified atom stereocenters. The zero-order valence-electron chi connectivity index (χ0n) is 53.4. The second-order valence-electron chi connectivity index (χ2n) is 23.4. The highest BCUT2D eigenvalue weighted by Crippen LogP contribution is 2.17. The van der Waals surface area contributed by atoms with E-state index in [1.807, 2.05) is 0 Å². The summed E-state index contributed by atoms with van der Waals surface area (Å²) in [4.78, 5) is 20.6. The highest BCUT2D eigenvalue weighted by molar-refractivity contribution is 5.66. The summed E-state index contributed by atoms with van der Waals surface area (Å²) >= 11 is 0. The number of carbonyl (C=O) groups is 2. The quantitative estimate of drug-likeness (QED) is 0.0470. The van der Waals surface area contributed by atoms with Crippen molar-refractivity contribution in [3.8, 4) is 0 Å². The number of unbranched alkanes of at least 4 members (excludes halogenated alkanes) is 52. The van der Waals surface area contributed by atoms with E-state index in [1.54, 1.807) is 0 Å². The minimum Gasteiger partial charge on any atom is -0.481 e. The summed E-state index contributed by atoms with van der Waals surface area (Å²) in [7, 11) is 0. The number of carboxylic acids is 2. The molecule has 0 heterocycles. The summed E-state index contributed by atoms with van der Waals surface area (Å²) < 4.78 is 0. The average molecular weight is 1110 g/mol. The molecule has 4 nitrogen and oxygen atoms in total. The van der Waals surface area contributed by atoms with E-state index in [0.29, 0.717) is 12.8 Å². The highest BCUT2D eigenvalue weighted by Gasteiger charge is 1.99. The molecule has 0 rings (SSSR count). The van der Waals surface area contributed by atoms with Gasteiger partial charge in [-0.3, -0.25) is 9.59 Å². The van der Waals surface area contributed by atoms with Gasteiger partial charge in [0.1, 0.15) is 0 Å². The molecular formula is C74H152O4. The molecule has 2 N–H and O–H groups in total. The summed E-state index contributed by atoms with van der Waals surface area (Å²) in [5.74, 6) is -1.33. The minimum absolute atomic E-state index is 0. The first kappa shape index (κ1) is 87.7. The van der Waals surface area contributed by atoms with Gasteiger partial charge in [0, 0.05) is 12.8 Å². The van der Waals surface area contributed by atoms with E-state index >= 15 is 0 Å². The predicted molar refractivity (Wildman–Crippen MR) is 358 cm³/mol. The van der Waals surface area contributed by atoms with E-state index in [0.717, 1.165) is 25.7 Å². The number of carboxylic acid groups (broad SMARTS) is 2. The fourth-order valence-electron chi connectivity index (χ4n) is 9.94. The molecule has 0 amide bonds. The number of hydrogen-bond acceptors (Lipinski definition) is 2. The Hall–Kier alpha value is -1.58. The zero-order chi connectivity index (χ0) is 56.4. The third kappa shape index (κ3) is 103. The standard InChI is InChI=1S/2C18H34O2.2C18H38.2CH4/c2*1-2-3-4-5-6-7-8-9-10-11-12-13-14-15-16-17-18(19)20;2*1-3-5-7-9-11-13-15-17-18-16-14-12-10-8-6-4-2;;/h2*9-10H,2-8,11-17H2,1H3,(H,19,20);2*3-18H2,1-2H3;2*1H4/b2*10-9-;;;;. The van der Waals surface area contributed by atoms with Gasteiger partial charge in [-0.05, 0) is 64.2 Å². The van der Waals surface area contributed by atoms with Gasteiger partial charge < -0.3 is 10.2 Å². The molecule has 0 aromatic heterocycles. The SMILES string of the molecule is C.C.CCCCCCCC/C=C\CCCCCCCC(=O)O.CCCCCCCC/C=C\CCCCCCCC(=O)O.CCCCCCCCCCCCCCCCCC.CCCCCCCCCCCCCCCCCC. The van der Waals surface area contributed by atoms with E-state index in [-0.39, 0.29) is 14.9 Å². The summed E-state index contributed by atoms with van der Waals surface area (Å²) in [6.07, 6.45) is 89.3. The van der Waals surface area contributed by atoms with Crippen molar-refractivity contribution in [3.05, 3.63) is 24.3 Å². The van der Waals surface area contributed by atoms with E-state index < -0.39 is 11.9 Å². The van der Waals surface area contributed by atoms with Crippen molar-refractivity contribution in [2.24, 2.45) is 0 Å². The third-order valence-electron chi connectivity index (χ3n) is 15.2. The maximum atomic E-state index is 10.3. The van der Waals surface area contributed by atoms with Crippen molar-refractivity contribution >= 4 is 11.9 Å². The first-order chi connectivity index (χ1) is 37.4. The second kappa shape index (κ2) is 89.2. The van der Waals surface area contributed by atoms with Crippen LogP contribution in [0, 0.1) is 0 Å². The zero-order valence-corrected chi connectivity index (χ0v) is 53.4. The Bertz CT molecular complexity index is 935. The molecule has 0 atom stereocenters. The molecule has 4 heteroatoms. The third-order valence-corrected chi connectivity index (χ3v) is 15.2. The molecular weight excluding hydrogens is 953 g/mol. The Morgan fingerprint density at radius 2 is 0.321 bits per heavy atom. The Labute approximate surface area is 495 Å². The molecule has 0 fully saturated rings. The van der Waals surface area contributed by atoms with Crippen molar-refractivity contribution in [3.63, 3.8) is 0 Å². The fraction of sp³-hybridized carbons (Fsp3) is 0.919. The number of allylic oxidation sites excluding steroid dienone is 4. The van der Waals surface area contributed by atoms with Gasteiger partial charge in [0.25, 0.3) is 0 Å². The number of aliphatic carboxylic acids is 2. The monoisotopic (exact) mass is 1110 g/mol. The molecule has 0 aromatic rings. The van der Waals surface area contributed by atoms with Gasteiger partial charge in [-0.2, -0.15) is 0 Å². The van der Waals surface area contributed by atoms with Crippen LogP contribution in [-0.4, -0.2) is 22.2 Å². The lowest BCUT2D eigenvalue weighted by molar-refractivity contribution is -0.138. The van der Waals surface area contributed by atoms with Crippen LogP contribution in [0.5, 0.6) is 0 Å². The highest BCUT2D eigenvalue weighted by atomic mass is 16.4. The molecule has 78 heavy (non-hydrogen) atoms. The Balaban J connectivity index is -0.000000220. The van der Waals surface area contributed by atoms with Crippen LogP contribution in [0.25, 0.3) is 0 Å². The van der Waals surface area contributed by atoms with Crippen LogP contribution in [0.3, 0.4) is 0 Å². The molecule has 0 radical (unpaired) electrons. The number of hydrogen-bond donors (Lipinski definition) is 2. The first-order valence-electron chi connectivity index (χ1n) is 35.1. The molecule has 472 valence electrons. The van der Waals surface area contributed by atoms with Crippen LogP contribution >= 0.6 is 0 Å². The van der Waals surface area contributed by atoms with Crippen LogP contribution in [0.2, 0.25) is 0 Å². The van der Waals surface area contributed by atoms with Gasteiger partial charge in [0.2, 0.25) is 0 Å². The van der Waals surface area contributed by atoms with Crippen LogP contribution in [0.1, 0.15) is 442 Å². The Kier molecular flexibility index (Phi) is 100. The van der Waals surface area contributed by atoms with Gasteiger partial charge in [-0.15, -0.1) is 0 Å². The molecule has 0 aliphatic heterocycles. The Morgan fingerprint density at radius 1 is 0.205 bits per heavy atom. The molecule has 0 saturated carbocycles. The van der Waals surface area contributed by atoms with Gasteiger partial charge in [0.15, 0.2) is 0 Å². The second-order valence-corrected chi connectivity index (χ2v) is 23.4. The molecule has 0 aromatic carbocycles. The van der Waals surface area contributed by atoms with Gasteiger partial charge in [-0.25, -0.2) is 0 Å². The van der Waals surface area contributed by atoms with E-state index in [4.69, 9.17) is 10.2 Å². The van der Waals surface area contributed by atoms with Gasteiger partial charge in [0.05, 0.1) is 0 Å². The predicted octanol–water partition coefficient (Wildman–Crippen LogP) is 28.0. The van der Waals surface area contributed by atoms with Crippen molar-refractivity contribution in [1.82, 2.24) is 0 Å². The van der Waals surface area contributed by atoms with E-state index in [9.17, 15) is 9.59 Å². The average Bonchev–Trinajstić information content (AvgIpc) is 3.41. The minimum atomic E-state index is -0.664. The lowest BCUT2D eigenvalue weighted by Crippen LogP contribution is -1.93. The normalized spacial score (nSPS) is 10.8. The summed E-state index contributed by atoms with van der Waals surface area (Å²) in [5.41, 5.74) is 0. The first-order valence-corrected chi connectivity index (χ1v) is 35.1. The molecule has 0 bridgehead atoms. The van der Waals surface area contributed by atoms with Gasteiger partial charge >= 0.3 is 11.9 Å². The lowest BCUT2D eigenvalue weighted by Gasteiger charge is -2.03. The molecule has 0 aliphatic carbocycles. The van der Waals surface area contributed by atoms with Crippen LogP contribution < -0.4 is 0 Å². The topological polar surface area (TPSA) is 74.6 Å². The van der Waals surface area contributed by atoms with E-state index in [1.165, 1.54) is 347 Å². The van der Waals surface area contributed by atoms with E-state index in [2.05, 4.69) is 65.8 Å². The lowest BCUT2D eigenvalue weighted by atomic mass is 10.0. The summed E-state index contributed by atoms with van der Waals surface area (Å²) in [6, 6.07) is 0. The molecule has 0 spiro atoms. The fourth-order valence-corrected chi connectivity index (χ4v) is 9.94. The van der Waals surface area contributed by atoms with Crippen molar-refractivity contribution < 1.29 is 19.8 Å². The Morgan fingerprint density at radius 3 is 0.449 bits per heavy atom. The summed E-state index contributed by atoms with van der Waals surface area (Å²) in [5, 5.41) is 17.0. The molecule has 0 saturated heterocycles. The number of rotatable bonds is 60. The van der Waals surface area contributed by atoms with Crippen molar-refractivity contribution in [1.29, 1.82) is 0 Å². The maximum absolute atomic E-state index is 10.3.